The predicted octanol–water partition coefficient (Wildman–Crippen LogP) is 9.78. The summed E-state index contributed by atoms with van der Waals surface area (Å²) in [5.41, 5.74) is 6.12. The number of benzene rings is 6. The highest BCUT2D eigenvalue weighted by atomic mass is 16.6. The molecule has 4 atom stereocenters. The minimum Gasteiger partial charge on any atom is -0.497 e. The molecule has 0 amide bonds. The maximum absolute atomic E-state index is 7.01. The molecule has 0 heterocycles. The third kappa shape index (κ3) is 14.0. The first-order valence-corrected chi connectivity index (χ1v) is 19.7. The van der Waals surface area contributed by atoms with Crippen LogP contribution >= 0.6 is 0 Å². The molecule has 0 aliphatic carbocycles. The Bertz CT molecular complexity index is 1810. The maximum Gasteiger partial charge on any atom is 0.118 e. The molecule has 0 bridgehead atoms. The molecule has 0 radical (unpaired) electrons. The van der Waals surface area contributed by atoms with Gasteiger partial charge in [0.1, 0.15) is 35.9 Å². The lowest BCUT2D eigenvalue weighted by Gasteiger charge is -2.37. The van der Waals surface area contributed by atoms with Crippen molar-refractivity contribution in [2.45, 2.75) is 64.1 Å². The summed E-state index contributed by atoms with van der Waals surface area (Å²) in [5, 5.41) is 0. The van der Waals surface area contributed by atoms with Crippen molar-refractivity contribution in [3.8, 4) is 11.5 Å². The third-order valence-electron chi connectivity index (χ3n) is 9.66. The van der Waals surface area contributed by atoms with Crippen LogP contribution in [0.1, 0.15) is 33.4 Å². The molecule has 0 aromatic heterocycles. The Labute approximate surface area is 343 Å². The average Bonchev–Trinajstić information content (AvgIpc) is 3.29. The lowest BCUT2D eigenvalue weighted by atomic mass is 10.0. The Hall–Kier alpha value is -5.32. The van der Waals surface area contributed by atoms with Crippen molar-refractivity contribution < 1.29 is 37.9 Å². The van der Waals surface area contributed by atoms with Gasteiger partial charge < -0.3 is 37.9 Å². The first-order valence-electron chi connectivity index (χ1n) is 19.7. The molecule has 6 aromatic carbocycles. The Kier molecular flexibility index (Phi) is 17.4. The standard InChI is InChI=1S/C50H54O8/c1-51-45-27-23-43(24-28-45)35-57-49(47(55-33-41-19-11-5-12-20-41)37-53-31-39-15-7-3-8-16-39)50(58-36-44-25-29-46(52-2)30-26-44)48(56-34-42-21-13-6-14-22-42)38-54-32-40-17-9-4-10-18-40/h3-30,47-50H,31-38H2,1-2H3/t47-,48-,49-,50-/m1/s1. The van der Waals surface area contributed by atoms with Crippen LogP contribution in [-0.2, 0) is 68.1 Å². The average molecular weight is 783 g/mol. The van der Waals surface area contributed by atoms with E-state index in [0.717, 1.165) is 44.9 Å². The van der Waals surface area contributed by atoms with Gasteiger partial charge in [0.05, 0.1) is 67.1 Å². The first kappa shape index (κ1) is 42.3. The van der Waals surface area contributed by atoms with Gasteiger partial charge in [-0.3, -0.25) is 0 Å². The van der Waals surface area contributed by atoms with E-state index >= 15 is 0 Å². The van der Waals surface area contributed by atoms with Crippen LogP contribution in [-0.4, -0.2) is 51.8 Å². The SMILES string of the molecule is COc1ccc(CO[C@@H]([C@H](OCc2ccc(OC)cc2)[C@@H](COCc2ccccc2)OCc2ccccc2)[C@@H](COCc2ccccc2)OCc2ccccc2)cc1. The van der Waals surface area contributed by atoms with Crippen molar-refractivity contribution in [3.05, 3.63) is 203 Å². The van der Waals surface area contributed by atoms with Crippen LogP contribution in [0.15, 0.2) is 170 Å². The number of hydrogen-bond acceptors (Lipinski definition) is 8. The van der Waals surface area contributed by atoms with Crippen molar-refractivity contribution in [1.29, 1.82) is 0 Å². The van der Waals surface area contributed by atoms with Crippen LogP contribution in [0.3, 0.4) is 0 Å². The zero-order valence-corrected chi connectivity index (χ0v) is 33.4. The second kappa shape index (κ2) is 23.8. The summed E-state index contributed by atoms with van der Waals surface area (Å²) in [4.78, 5) is 0. The number of methoxy groups -OCH3 is 2. The lowest BCUT2D eigenvalue weighted by molar-refractivity contribution is -0.208. The molecule has 8 nitrogen and oxygen atoms in total. The molecule has 0 unspecified atom stereocenters. The highest BCUT2D eigenvalue weighted by Gasteiger charge is 2.39. The highest BCUT2D eigenvalue weighted by molar-refractivity contribution is 5.28. The van der Waals surface area contributed by atoms with Gasteiger partial charge in [-0.05, 0) is 57.6 Å². The summed E-state index contributed by atoms with van der Waals surface area (Å²) in [6, 6.07) is 56.2. The molecule has 0 aliphatic heterocycles. The normalized spacial score (nSPS) is 13.3. The third-order valence-corrected chi connectivity index (χ3v) is 9.66. The molecule has 0 saturated carbocycles. The van der Waals surface area contributed by atoms with Crippen molar-refractivity contribution in [2.24, 2.45) is 0 Å². The molecule has 6 rings (SSSR count). The van der Waals surface area contributed by atoms with Crippen LogP contribution in [0.4, 0.5) is 0 Å². The van der Waals surface area contributed by atoms with Gasteiger partial charge in [-0.15, -0.1) is 0 Å². The monoisotopic (exact) mass is 782 g/mol. The van der Waals surface area contributed by atoms with Gasteiger partial charge in [0, 0.05) is 0 Å². The zero-order chi connectivity index (χ0) is 40.0. The molecule has 8 heteroatoms. The Morgan fingerprint density at radius 2 is 0.586 bits per heavy atom. The summed E-state index contributed by atoms with van der Waals surface area (Å²) in [6.45, 7) is 2.50. The van der Waals surface area contributed by atoms with Crippen molar-refractivity contribution in [1.82, 2.24) is 0 Å². The van der Waals surface area contributed by atoms with E-state index in [-0.39, 0.29) is 26.4 Å². The maximum atomic E-state index is 7.01. The van der Waals surface area contributed by atoms with Gasteiger partial charge in [0.15, 0.2) is 0 Å². The van der Waals surface area contributed by atoms with Crippen LogP contribution in [0.2, 0.25) is 0 Å². The molecule has 6 aromatic rings. The second-order valence-corrected chi connectivity index (χ2v) is 13.9. The van der Waals surface area contributed by atoms with Gasteiger partial charge in [-0.1, -0.05) is 146 Å². The van der Waals surface area contributed by atoms with Crippen molar-refractivity contribution in [2.75, 3.05) is 27.4 Å². The number of ether oxygens (including phenoxy) is 8. The fourth-order valence-corrected chi connectivity index (χ4v) is 6.42. The van der Waals surface area contributed by atoms with Crippen molar-refractivity contribution >= 4 is 0 Å². The molecule has 0 spiro atoms. The Morgan fingerprint density at radius 1 is 0.310 bits per heavy atom. The fraction of sp³-hybridized carbons (Fsp3) is 0.280. The highest BCUT2D eigenvalue weighted by Crippen LogP contribution is 2.26. The minimum atomic E-state index is -0.680. The summed E-state index contributed by atoms with van der Waals surface area (Å²) >= 11 is 0. The van der Waals surface area contributed by atoms with Crippen molar-refractivity contribution in [3.63, 3.8) is 0 Å². The quantitative estimate of drug-likeness (QED) is 0.0569. The summed E-state index contributed by atoms with van der Waals surface area (Å²) in [5.74, 6) is 1.54. The molecular formula is C50H54O8. The second-order valence-electron chi connectivity index (χ2n) is 13.9. The molecule has 0 aliphatic rings. The zero-order valence-electron chi connectivity index (χ0n) is 33.4. The molecule has 302 valence electrons. The molecule has 58 heavy (non-hydrogen) atoms. The number of hydrogen-bond donors (Lipinski definition) is 0. The smallest absolute Gasteiger partial charge is 0.118 e. The van der Waals surface area contributed by atoms with Crippen LogP contribution in [0, 0.1) is 0 Å². The van der Waals surface area contributed by atoms with E-state index in [1.807, 2.05) is 121 Å². The van der Waals surface area contributed by atoms with Gasteiger partial charge >= 0.3 is 0 Å². The Morgan fingerprint density at radius 3 is 0.897 bits per heavy atom. The summed E-state index contributed by atoms with van der Waals surface area (Å²) in [7, 11) is 3.32. The van der Waals surface area contributed by atoms with E-state index in [2.05, 4.69) is 48.5 Å². The lowest BCUT2D eigenvalue weighted by Crippen LogP contribution is -2.52. The van der Waals surface area contributed by atoms with Crippen LogP contribution in [0.5, 0.6) is 11.5 Å². The van der Waals surface area contributed by atoms with Gasteiger partial charge in [-0.2, -0.15) is 0 Å². The molecule has 0 fully saturated rings. The van der Waals surface area contributed by atoms with E-state index in [9.17, 15) is 0 Å². The van der Waals surface area contributed by atoms with E-state index < -0.39 is 24.4 Å². The first-order chi connectivity index (χ1) is 28.7. The molecular weight excluding hydrogens is 729 g/mol. The fourth-order valence-electron chi connectivity index (χ4n) is 6.42. The summed E-state index contributed by atoms with van der Waals surface area (Å²) in [6.07, 6.45) is -2.53. The number of rotatable bonds is 25. The van der Waals surface area contributed by atoms with E-state index in [4.69, 9.17) is 37.9 Å². The van der Waals surface area contributed by atoms with Gasteiger partial charge in [-0.25, -0.2) is 0 Å². The topological polar surface area (TPSA) is 73.8 Å². The minimum absolute atomic E-state index is 0.230. The van der Waals surface area contributed by atoms with Crippen LogP contribution in [0.25, 0.3) is 0 Å². The van der Waals surface area contributed by atoms with E-state index in [0.29, 0.717) is 26.4 Å². The molecule has 0 N–H and O–H groups in total. The predicted molar refractivity (Wildman–Crippen MR) is 225 cm³/mol. The largest absolute Gasteiger partial charge is 0.497 e. The van der Waals surface area contributed by atoms with E-state index in [1.165, 1.54) is 0 Å². The van der Waals surface area contributed by atoms with Gasteiger partial charge in [0.25, 0.3) is 0 Å². The van der Waals surface area contributed by atoms with E-state index in [1.54, 1.807) is 14.2 Å². The van der Waals surface area contributed by atoms with Gasteiger partial charge in [0.2, 0.25) is 0 Å². The Balaban J connectivity index is 1.36. The van der Waals surface area contributed by atoms with Crippen LogP contribution < -0.4 is 9.47 Å². The molecule has 0 saturated heterocycles. The summed E-state index contributed by atoms with van der Waals surface area (Å²) < 4.78 is 51.5.